The molecule has 7 heteroatoms. The Balaban J connectivity index is 2.35. The second kappa shape index (κ2) is 5.93. The summed E-state index contributed by atoms with van der Waals surface area (Å²) in [4.78, 5) is 12.7. The van der Waals surface area contributed by atoms with Gasteiger partial charge in [-0.05, 0) is 24.6 Å². The van der Waals surface area contributed by atoms with E-state index < -0.39 is 23.3 Å². The van der Waals surface area contributed by atoms with E-state index >= 15 is 0 Å². The molecule has 1 aromatic rings. The third kappa shape index (κ3) is 3.47. The predicted molar refractivity (Wildman–Crippen MR) is 70.6 cm³/mol. The van der Waals surface area contributed by atoms with Crippen molar-refractivity contribution in [3.63, 3.8) is 0 Å². The number of morpholine rings is 1. The van der Waals surface area contributed by atoms with Gasteiger partial charge in [-0.3, -0.25) is 0 Å². The molecule has 1 aliphatic heterocycles. The fourth-order valence-corrected chi connectivity index (χ4v) is 2.35. The molecule has 0 aliphatic carbocycles. The topological polar surface area (TPSA) is 49.8 Å². The number of nitrogens with zero attached hydrogens (tertiary/aromatic N) is 1. The third-order valence-electron chi connectivity index (χ3n) is 3.50. The van der Waals surface area contributed by atoms with E-state index in [2.05, 4.69) is 0 Å². The molecule has 116 valence electrons. The molecule has 1 aromatic carbocycles. The minimum Gasteiger partial charge on any atom is -0.478 e. The SMILES string of the molecule is CCC1CN(c2ccc(C(=O)O)c(C(F)(F)F)c2)CCO1. The molecular formula is C14H16F3NO3. The Kier molecular flexibility index (Phi) is 4.41. The lowest BCUT2D eigenvalue weighted by molar-refractivity contribution is -0.138. The van der Waals surface area contributed by atoms with Crippen LogP contribution in [0.15, 0.2) is 18.2 Å². The van der Waals surface area contributed by atoms with Gasteiger partial charge in [-0.1, -0.05) is 6.92 Å². The number of hydrogen-bond donors (Lipinski definition) is 1. The van der Waals surface area contributed by atoms with Gasteiger partial charge in [-0.2, -0.15) is 13.2 Å². The van der Waals surface area contributed by atoms with Gasteiger partial charge in [-0.15, -0.1) is 0 Å². The molecule has 1 saturated heterocycles. The zero-order valence-electron chi connectivity index (χ0n) is 11.5. The number of anilines is 1. The summed E-state index contributed by atoms with van der Waals surface area (Å²) in [5.74, 6) is -1.58. The van der Waals surface area contributed by atoms with E-state index in [9.17, 15) is 18.0 Å². The van der Waals surface area contributed by atoms with Crippen LogP contribution < -0.4 is 4.90 Å². The van der Waals surface area contributed by atoms with E-state index in [1.807, 2.05) is 6.92 Å². The van der Waals surface area contributed by atoms with Crippen molar-refractivity contribution in [1.82, 2.24) is 0 Å². The van der Waals surface area contributed by atoms with Crippen molar-refractivity contribution in [3.05, 3.63) is 29.3 Å². The van der Waals surface area contributed by atoms with Gasteiger partial charge in [0.05, 0.1) is 23.8 Å². The number of ether oxygens (including phenoxy) is 1. The van der Waals surface area contributed by atoms with E-state index in [-0.39, 0.29) is 6.10 Å². The predicted octanol–water partition coefficient (Wildman–Crippen LogP) is 3.02. The zero-order chi connectivity index (χ0) is 15.6. The van der Waals surface area contributed by atoms with Crippen molar-refractivity contribution in [3.8, 4) is 0 Å². The molecule has 0 aromatic heterocycles. The smallest absolute Gasteiger partial charge is 0.417 e. The second-order valence-corrected chi connectivity index (χ2v) is 4.88. The molecule has 4 nitrogen and oxygen atoms in total. The van der Waals surface area contributed by atoms with Crippen molar-refractivity contribution in [2.45, 2.75) is 25.6 Å². The minimum atomic E-state index is -4.69. The van der Waals surface area contributed by atoms with Crippen LogP contribution in [0.1, 0.15) is 29.3 Å². The van der Waals surface area contributed by atoms with Gasteiger partial charge in [0.2, 0.25) is 0 Å². The van der Waals surface area contributed by atoms with E-state index in [4.69, 9.17) is 9.84 Å². The minimum absolute atomic E-state index is 0.0211. The summed E-state index contributed by atoms with van der Waals surface area (Å²) in [6.45, 7) is 3.38. The summed E-state index contributed by atoms with van der Waals surface area (Å²) in [5, 5.41) is 8.88. The van der Waals surface area contributed by atoms with Crippen LogP contribution in [0.4, 0.5) is 18.9 Å². The van der Waals surface area contributed by atoms with Crippen molar-refractivity contribution < 1.29 is 27.8 Å². The quantitative estimate of drug-likeness (QED) is 0.932. The maximum Gasteiger partial charge on any atom is 0.417 e. The van der Waals surface area contributed by atoms with Crippen molar-refractivity contribution in [1.29, 1.82) is 0 Å². The monoisotopic (exact) mass is 303 g/mol. The highest BCUT2D eigenvalue weighted by molar-refractivity contribution is 5.90. The standard InChI is InChI=1S/C14H16F3NO3/c1-2-10-8-18(5-6-21-10)9-3-4-11(13(19)20)12(7-9)14(15,16)17/h3-4,7,10H,2,5-6,8H2,1H3,(H,19,20). The lowest BCUT2D eigenvalue weighted by Crippen LogP contribution is -2.42. The molecule has 1 heterocycles. The molecule has 1 unspecified atom stereocenters. The van der Waals surface area contributed by atoms with E-state index in [1.165, 1.54) is 6.07 Å². The van der Waals surface area contributed by atoms with Crippen LogP contribution in [-0.4, -0.2) is 36.9 Å². The number of aromatic carboxylic acids is 1. The Labute approximate surface area is 120 Å². The van der Waals surface area contributed by atoms with Crippen LogP contribution >= 0.6 is 0 Å². The van der Waals surface area contributed by atoms with Gasteiger partial charge in [0.1, 0.15) is 0 Å². The van der Waals surface area contributed by atoms with Crippen LogP contribution in [0.3, 0.4) is 0 Å². The maximum absolute atomic E-state index is 13.0. The molecular weight excluding hydrogens is 287 g/mol. The van der Waals surface area contributed by atoms with Gasteiger partial charge in [0, 0.05) is 18.8 Å². The number of carboxylic acids is 1. The van der Waals surface area contributed by atoms with E-state index in [1.54, 1.807) is 4.90 Å². The Morgan fingerprint density at radius 2 is 2.19 bits per heavy atom. The molecule has 0 radical (unpaired) electrons. The van der Waals surface area contributed by atoms with Gasteiger partial charge < -0.3 is 14.7 Å². The normalized spacial score (nSPS) is 19.6. The number of carbonyl (C=O) groups is 1. The van der Waals surface area contributed by atoms with Crippen molar-refractivity contribution in [2.24, 2.45) is 0 Å². The summed E-state index contributed by atoms with van der Waals surface area (Å²) >= 11 is 0. The van der Waals surface area contributed by atoms with E-state index in [0.717, 1.165) is 18.6 Å². The van der Waals surface area contributed by atoms with Gasteiger partial charge in [0.25, 0.3) is 0 Å². The first-order chi connectivity index (χ1) is 9.82. The molecule has 0 bridgehead atoms. The van der Waals surface area contributed by atoms with Crippen LogP contribution in [0.25, 0.3) is 0 Å². The molecule has 1 N–H and O–H groups in total. The lowest BCUT2D eigenvalue weighted by atomic mass is 10.0. The van der Waals surface area contributed by atoms with Crippen LogP contribution in [0, 0.1) is 0 Å². The number of halogens is 3. The number of alkyl halides is 3. The Hall–Kier alpha value is -1.76. The number of rotatable bonds is 3. The Morgan fingerprint density at radius 1 is 1.48 bits per heavy atom. The number of hydrogen-bond acceptors (Lipinski definition) is 3. The van der Waals surface area contributed by atoms with Gasteiger partial charge in [0.15, 0.2) is 0 Å². The van der Waals surface area contributed by atoms with Gasteiger partial charge in [-0.25, -0.2) is 4.79 Å². The fraction of sp³-hybridized carbons (Fsp3) is 0.500. The largest absolute Gasteiger partial charge is 0.478 e. The average molecular weight is 303 g/mol. The maximum atomic E-state index is 13.0. The highest BCUT2D eigenvalue weighted by atomic mass is 19.4. The second-order valence-electron chi connectivity index (χ2n) is 4.88. The number of carboxylic acid groups (broad SMARTS) is 1. The van der Waals surface area contributed by atoms with Crippen LogP contribution in [-0.2, 0) is 10.9 Å². The number of benzene rings is 1. The molecule has 0 saturated carbocycles. The summed E-state index contributed by atoms with van der Waals surface area (Å²) in [6.07, 6.45) is -3.94. The Morgan fingerprint density at radius 3 is 2.76 bits per heavy atom. The third-order valence-corrected chi connectivity index (χ3v) is 3.50. The van der Waals surface area contributed by atoms with Crippen LogP contribution in [0.5, 0.6) is 0 Å². The summed E-state index contributed by atoms with van der Waals surface area (Å²) in [7, 11) is 0. The molecule has 1 atom stereocenters. The van der Waals surface area contributed by atoms with Crippen molar-refractivity contribution >= 4 is 11.7 Å². The summed E-state index contributed by atoms with van der Waals surface area (Å²) < 4.78 is 44.5. The molecule has 1 fully saturated rings. The highest BCUT2D eigenvalue weighted by Crippen LogP contribution is 2.35. The molecule has 2 rings (SSSR count). The first-order valence-electron chi connectivity index (χ1n) is 6.64. The Bertz CT molecular complexity index is 531. The molecule has 1 aliphatic rings. The van der Waals surface area contributed by atoms with Gasteiger partial charge >= 0.3 is 12.1 Å². The first-order valence-corrected chi connectivity index (χ1v) is 6.64. The summed E-state index contributed by atoms with van der Waals surface area (Å²) in [5.41, 5.74) is -1.48. The average Bonchev–Trinajstić information content (AvgIpc) is 2.45. The lowest BCUT2D eigenvalue weighted by Gasteiger charge is -2.34. The first kappa shape index (κ1) is 15.6. The molecule has 0 amide bonds. The van der Waals surface area contributed by atoms with Crippen molar-refractivity contribution in [2.75, 3.05) is 24.6 Å². The zero-order valence-corrected chi connectivity index (χ0v) is 11.5. The van der Waals surface area contributed by atoms with E-state index in [0.29, 0.717) is 25.4 Å². The fourth-order valence-electron chi connectivity index (χ4n) is 2.35. The highest BCUT2D eigenvalue weighted by Gasteiger charge is 2.36. The molecule has 0 spiro atoms. The summed E-state index contributed by atoms with van der Waals surface area (Å²) in [6, 6.07) is 3.33. The van der Waals surface area contributed by atoms with Crippen LogP contribution in [0.2, 0.25) is 0 Å². The molecule has 21 heavy (non-hydrogen) atoms.